The van der Waals surface area contributed by atoms with Crippen molar-refractivity contribution in [1.82, 2.24) is 9.62 Å². The molecule has 4 heteroatoms. The highest BCUT2D eigenvalue weighted by Crippen LogP contribution is 2.36. The molecule has 0 atom stereocenters. The smallest absolute Gasteiger partial charge is 0.247 e. The van der Waals surface area contributed by atoms with Gasteiger partial charge < -0.3 is 9.62 Å². The molecule has 4 rings (SSSR count). The van der Waals surface area contributed by atoms with Crippen LogP contribution >= 0.6 is 0 Å². The molecule has 26 heavy (non-hydrogen) atoms. The fraction of sp³-hybridized carbons (Fsp3) is 0.273. The van der Waals surface area contributed by atoms with E-state index in [1.165, 1.54) is 33.2 Å². The Kier molecular flexibility index (Phi) is 4.64. The number of nitrogens with zero attached hydrogens (tertiary/aromatic N) is 2. The minimum absolute atomic E-state index is 0.325. The molecule has 0 amide bonds. The van der Waals surface area contributed by atoms with Crippen LogP contribution in [0, 0.1) is 0 Å². The molecular formula is C22H26B2N2. The van der Waals surface area contributed by atoms with Crippen molar-refractivity contribution in [1.29, 1.82) is 0 Å². The summed E-state index contributed by atoms with van der Waals surface area (Å²) in [5, 5.41) is 0. The maximum atomic E-state index is 2.44. The third-order valence-corrected chi connectivity index (χ3v) is 5.79. The maximum absolute atomic E-state index is 2.44. The topological polar surface area (TPSA) is 6.48 Å². The van der Waals surface area contributed by atoms with Crippen LogP contribution in [0.4, 0.5) is 0 Å². The van der Waals surface area contributed by atoms with Crippen LogP contribution in [0.1, 0.15) is 22.3 Å². The molecule has 0 saturated heterocycles. The van der Waals surface area contributed by atoms with Crippen molar-refractivity contribution < 1.29 is 0 Å². The van der Waals surface area contributed by atoms with Crippen molar-refractivity contribution >= 4 is 24.4 Å². The monoisotopic (exact) mass is 340 g/mol. The van der Waals surface area contributed by atoms with Crippen molar-refractivity contribution in [2.75, 3.05) is 28.2 Å². The molecule has 0 fully saturated rings. The van der Waals surface area contributed by atoms with Gasteiger partial charge in [-0.05, 0) is 63.3 Å². The Balaban J connectivity index is 1.78. The number of rotatable bonds is 5. The van der Waals surface area contributed by atoms with Crippen LogP contribution < -0.4 is 0 Å². The van der Waals surface area contributed by atoms with Gasteiger partial charge in [-0.2, -0.15) is 0 Å². The van der Waals surface area contributed by atoms with E-state index in [0.29, 0.717) is 13.5 Å². The first kappa shape index (κ1) is 17.4. The van der Waals surface area contributed by atoms with Gasteiger partial charge in [-0.15, -0.1) is 0 Å². The Morgan fingerprint density at radius 2 is 1.00 bits per heavy atom. The molecule has 0 aromatic heterocycles. The second-order valence-electron chi connectivity index (χ2n) is 7.86. The minimum atomic E-state index is 0.325. The van der Waals surface area contributed by atoms with Gasteiger partial charge in [0.1, 0.15) is 0 Å². The summed E-state index contributed by atoms with van der Waals surface area (Å²) in [6.07, 6.45) is 6.97. The lowest BCUT2D eigenvalue weighted by Gasteiger charge is -2.34. The van der Waals surface area contributed by atoms with Crippen molar-refractivity contribution in [2.45, 2.75) is 12.8 Å². The van der Waals surface area contributed by atoms with E-state index in [4.69, 9.17) is 0 Å². The van der Waals surface area contributed by atoms with Gasteiger partial charge in [0, 0.05) is 0 Å². The lowest BCUT2D eigenvalue weighted by molar-refractivity contribution is 0.633. The predicted molar refractivity (Wildman–Crippen MR) is 115 cm³/mol. The third-order valence-electron chi connectivity index (χ3n) is 5.79. The lowest BCUT2D eigenvalue weighted by atomic mass is 9.13. The van der Waals surface area contributed by atoms with E-state index in [-0.39, 0.29) is 0 Å². The van der Waals surface area contributed by atoms with E-state index in [9.17, 15) is 0 Å². The zero-order valence-corrected chi connectivity index (χ0v) is 16.2. The van der Waals surface area contributed by atoms with E-state index in [0.717, 1.165) is 12.8 Å². The minimum Gasteiger partial charge on any atom is -0.348 e. The SMILES string of the molecule is CN(C)B(B(C1=CCc2ccccc21)N(C)C)C1=CCc2ccccc21. The summed E-state index contributed by atoms with van der Waals surface area (Å²) in [7, 11) is 8.85. The summed E-state index contributed by atoms with van der Waals surface area (Å²) in [5.74, 6) is 0. The Morgan fingerprint density at radius 1 is 0.615 bits per heavy atom. The first-order chi connectivity index (χ1) is 12.6. The van der Waals surface area contributed by atoms with Gasteiger partial charge in [0.15, 0.2) is 0 Å². The molecule has 0 saturated carbocycles. The fourth-order valence-corrected chi connectivity index (χ4v) is 4.64. The molecule has 0 bridgehead atoms. The van der Waals surface area contributed by atoms with Crippen LogP contribution in [0.15, 0.2) is 60.7 Å². The zero-order chi connectivity index (χ0) is 18.3. The molecule has 0 N–H and O–H groups in total. The number of allylic oxidation sites excluding steroid dienone is 2. The highest BCUT2D eigenvalue weighted by Gasteiger charge is 2.42. The summed E-state index contributed by atoms with van der Waals surface area (Å²) < 4.78 is 0. The zero-order valence-electron chi connectivity index (χ0n) is 16.2. The fourth-order valence-electron chi connectivity index (χ4n) is 4.64. The molecule has 0 aliphatic heterocycles. The first-order valence-electron chi connectivity index (χ1n) is 9.47. The van der Waals surface area contributed by atoms with Crippen LogP contribution in [-0.2, 0) is 12.8 Å². The van der Waals surface area contributed by atoms with E-state index in [1.807, 2.05) is 0 Å². The molecule has 2 aromatic carbocycles. The van der Waals surface area contributed by atoms with Crippen molar-refractivity contribution in [3.05, 3.63) is 82.9 Å². The molecule has 0 radical (unpaired) electrons. The summed E-state index contributed by atoms with van der Waals surface area (Å²) in [6, 6.07) is 17.7. The summed E-state index contributed by atoms with van der Waals surface area (Å²) in [5.41, 5.74) is 8.68. The van der Waals surface area contributed by atoms with Gasteiger partial charge in [-0.25, -0.2) is 0 Å². The second-order valence-corrected chi connectivity index (χ2v) is 7.86. The molecule has 2 aliphatic carbocycles. The summed E-state index contributed by atoms with van der Waals surface area (Å²) >= 11 is 0. The Morgan fingerprint density at radius 3 is 1.38 bits per heavy atom. The highest BCUT2D eigenvalue weighted by atomic mass is 15.0. The Bertz CT molecular complexity index is 810. The molecule has 2 nitrogen and oxygen atoms in total. The van der Waals surface area contributed by atoms with E-state index in [1.54, 1.807) is 0 Å². The quantitative estimate of drug-likeness (QED) is 0.769. The van der Waals surface area contributed by atoms with Gasteiger partial charge in [-0.1, -0.05) is 71.6 Å². The largest absolute Gasteiger partial charge is 0.348 e. The van der Waals surface area contributed by atoms with Crippen LogP contribution in [0.25, 0.3) is 10.9 Å². The normalized spacial score (nSPS) is 15.0. The van der Waals surface area contributed by atoms with Crippen LogP contribution in [0.5, 0.6) is 0 Å². The van der Waals surface area contributed by atoms with E-state index >= 15 is 0 Å². The van der Waals surface area contributed by atoms with Gasteiger partial charge in [0.2, 0.25) is 13.5 Å². The van der Waals surface area contributed by atoms with Crippen molar-refractivity contribution in [3.63, 3.8) is 0 Å². The third kappa shape index (κ3) is 2.87. The molecule has 0 unspecified atom stereocenters. The number of hydrogen-bond acceptors (Lipinski definition) is 2. The average molecular weight is 340 g/mol. The molecule has 0 heterocycles. The number of fused-ring (bicyclic) bond motifs is 2. The molecule has 130 valence electrons. The van der Waals surface area contributed by atoms with Crippen LogP contribution in [-0.4, -0.2) is 51.3 Å². The predicted octanol–water partition coefficient (Wildman–Crippen LogP) is 3.53. The van der Waals surface area contributed by atoms with Gasteiger partial charge in [-0.3, -0.25) is 0 Å². The van der Waals surface area contributed by atoms with E-state index in [2.05, 4.69) is 98.5 Å². The molecule has 0 spiro atoms. The number of hydrogen-bond donors (Lipinski definition) is 0. The lowest BCUT2D eigenvalue weighted by Crippen LogP contribution is -2.56. The average Bonchev–Trinajstić information content (AvgIpc) is 3.23. The first-order valence-corrected chi connectivity index (χ1v) is 9.47. The molecular weight excluding hydrogens is 314 g/mol. The second kappa shape index (κ2) is 6.94. The van der Waals surface area contributed by atoms with E-state index < -0.39 is 0 Å². The Hall–Kier alpha value is -2.03. The van der Waals surface area contributed by atoms with Gasteiger partial charge in [0.25, 0.3) is 0 Å². The van der Waals surface area contributed by atoms with Crippen LogP contribution in [0.3, 0.4) is 0 Å². The van der Waals surface area contributed by atoms with Crippen LogP contribution in [0.2, 0.25) is 0 Å². The Labute approximate surface area is 158 Å². The summed E-state index contributed by atoms with van der Waals surface area (Å²) in [4.78, 5) is 4.78. The van der Waals surface area contributed by atoms with Gasteiger partial charge in [0.05, 0.1) is 0 Å². The standard InChI is InChI=1S/C22H26B2N2/c1-25(2)23(21-15-13-17-9-5-7-11-19(17)21)24(26(3)4)22-16-14-18-10-6-8-12-20(18)22/h5-12,15-16H,13-14H2,1-4H3. The highest BCUT2D eigenvalue weighted by molar-refractivity contribution is 7.34. The molecule has 2 aromatic rings. The maximum Gasteiger partial charge on any atom is 0.247 e. The van der Waals surface area contributed by atoms with Crippen molar-refractivity contribution in [2.24, 2.45) is 0 Å². The number of benzene rings is 2. The molecule has 2 aliphatic rings. The summed E-state index contributed by atoms with van der Waals surface area (Å²) in [6.45, 7) is 0.650. The van der Waals surface area contributed by atoms with Crippen molar-refractivity contribution in [3.8, 4) is 0 Å². The van der Waals surface area contributed by atoms with Gasteiger partial charge >= 0.3 is 0 Å².